The highest BCUT2D eigenvalue weighted by molar-refractivity contribution is 4.93. The van der Waals surface area contributed by atoms with Crippen LogP contribution in [0.4, 0.5) is 13.2 Å². The highest BCUT2D eigenvalue weighted by atomic mass is 19.4. The predicted octanol–water partition coefficient (Wildman–Crippen LogP) is 1.48. The Morgan fingerprint density at radius 1 is 1.40 bits per heavy atom. The fraction of sp³-hybridized carbons (Fsp3) is 0.833. The van der Waals surface area contributed by atoms with E-state index in [1.807, 2.05) is 0 Å². The molecule has 0 aliphatic heterocycles. The van der Waals surface area contributed by atoms with Crippen LogP contribution in [0.2, 0.25) is 0 Å². The van der Waals surface area contributed by atoms with Gasteiger partial charge in [-0.2, -0.15) is 13.2 Å². The van der Waals surface area contributed by atoms with Crippen molar-refractivity contribution < 1.29 is 18.3 Å². The van der Waals surface area contributed by atoms with Gasteiger partial charge in [-0.3, -0.25) is 0 Å². The SMILES string of the molecule is OCCn1cc(CNC2CCCC(C(F)(F)F)C2)nn1. The molecule has 8 heteroatoms. The van der Waals surface area contributed by atoms with Crippen LogP contribution < -0.4 is 5.32 Å². The molecule has 0 amide bonds. The van der Waals surface area contributed by atoms with E-state index in [9.17, 15) is 13.2 Å². The Bertz CT molecular complexity index is 421. The van der Waals surface area contributed by atoms with Gasteiger partial charge in [-0.05, 0) is 19.3 Å². The Morgan fingerprint density at radius 3 is 2.90 bits per heavy atom. The first-order valence-electron chi connectivity index (χ1n) is 6.79. The van der Waals surface area contributed by atoms with E-state index in [0.717, 1.165) is 6.42 Å². The normalized spacial score (nSPS) is 24.0. The summed E-state index contributed by atoms with van der Waals surface area (Å²) in [4.78, 5) is 0. The van der Waals surface area contributed by atoms with Gasteiger partial charge in [-0.15, -0.1) is 5.10 Å². The Balaban J connectivity index is 1.81. The van der Waals surface area contributed by atoms with Crippen molar-refractivity contribution in [3.63, 3.8) is 0 Å². The lowest BCUT2D eigenvalue weighted by Crippen LogP contribution is -2.38. The number of aromatic nitrogens is 3. The summed E-state index contributed by atoms with van der Waals surface area (Å²) in [6, 6.07) is -0.127. The van der Waals surface area contributed by atoms with Crippen molar-refractivity contribution in [1.82, 2.24) is 20.3 Å². The molecule has 0 bridgehead atoms. The monoisotopic (exact) mass is 292 g/mol. The second-order valence-electron chi connectivity index (χ2n) is 5.18. The molecule has 1 aliphatic rings. The van der Waals surface area contributed by atoms with Crippen LogP contribution in [0.15, 0.2) is 6.20 Å². The Morgan fingerprint density at radius 2 is 2.20 bits per heavy atom. The highest BCUT2D eigenvalue weighted by Gasteiger charge is 2.41. The van der Waals surface area contributed by atoms with Crippen molar-refractivity contribution in [3.8, 4) is 0 Å². The average Bonchev–Trinajstić information content (AvgIpc) is 2.84. The van der Waals surface area contributed by atoms with E-state index in [0.29, 0.717) is 25.2 Å². The molecule has 1 aromatic heterocycles. The number of alkyl halides is 3. The maximum absolute atomic E-state index is 12.7. The zero-order valence-electron chi connectivity index (χ0n) is 11.1. The summed E-state index contributed by atoms with van der Waals surface area (Å²) in [6.07, 6.45) is -0.684. The Labute approximate surface area is 115 Å². The number of rotatable bonds is 5. The molecule has 1 heterocycles. The molecular weight excluding hydrogens is 273 g/mol. The lowest BCUT2D eigenvalue weighted by molar-refractivity contribution is -0.183. The van der Waals surface area contributed by atoms with Crippen molar-refractivity contribution in [3.05, 3.63) is 11.9 Å². The number of hydrogen-bond donors (Lipinski definition) is 2. The molecule has 1 saturated carbocycles. The zero-order valence-corrected chi connectivity index (χ0v) is 11.1. The third-order valence-corrected chi connectivity index (χ3v) is 3.62. The summed E-state index contributed by atoms with van der Waals surface area (Å²) in [5.74, 6) is -1.20. The number of aliphatic hydroxyl groups is 1. The molecule has 0 saturated heterocycles. The minimum atomic E-state index is -4.09. The van der Waals surface area contributed by atoms with Gasteiger partial charge in [0.25, 0.3) is 0 Å². The van der Waals surface area contributed by atoms with Crippen molar-refractivity contribution in [1.29, 1.82) is 0 Å². The summed E-state index contributed by atoms with van der Waals surface area (Å²) in [6.45, 7) is 0.749. The molecular formula is C12H19F3N4O. The van der Waals surface area contributed by atoms with Gasteiger partial charge < -0.3 is 10.4 Å². The smallest absolute Gasteiger partial charge is 0.391 e. The molecule has 1 aromatic rings. The molecule has 2 rings (SSSR count). The molecule has 2 atom stereocenters. The van der Waals surface area contributed by atoms with Crippen LogP contribution in [0.3, 0.4) is 0 Å². The van der Waals surface area contributed by atoms with Gasteiger partial charge in [0, 0.05) is 18.8 Å². The fourth-order valence-corrected chi connectivity index (χ4v) is 2.55. The Hall–Kier alpha value is -1.15. The van der Waals surface area contributed by atoms with Gasteiger partial charge in [0.15, 0.2) is 0 Å². The summed E-state index contributed by atoms with van der Waals surface area (Å²) in [5, 5.41) is 19.6. The van der Waals surface area contributed by atoms with Gasteiger partial charge in [-0.1, -0.05) is 11.6 Å². The predicted molar refractivity (Wildman–Crippen MR) is 65.7 cm³/mol. The zero-order chi connectivity index (χ0) is 14.6. The van der Waals surface area contributed by atoms with E-state index in [1.165, 1.54) is 4.68 Å². The van der Waals surface area contributed by atoms with Crippen LogP contribution in [0.5, 0.6) is 0 Å². The van der Waals surface area contributed by atoms with Crippen molar-refractivity contribution >= 4 is 0 Å². The molecule has 20 heavy (non-hydrogen) atoms. The van der Waals surface area contributed by atoms with E-state index < -0.39 is 12.1 Å². The molecule has 1 aliphatic carbocycles. The number of halogens is 3. The van der Waals surface area contributed by atoms with Crippen LogP contribution in [0.25, 0.3) is 0 Å². The second-order valence-corrected chi connectivity index (χ2v) is 5.18. The minimum absolute atomic E-state index is 0.0217. The van der Waals surface area contributed by atoms with Gasteiger partial charge in [0.05, 0.1) is 24.8 Å². The fourth-order valence-electron chi connectivity index (χ4n) is 2.55. The summed E-state index contributed by atoms with van der Waals surface area (Å²) in [5.41, 5.74) is 0.674. The third-order valence-electron chi connectivity index (χ3n) is 3.62. The topological polar surface area (TPSA) is 63.0 Å². The number of nitrogens with zero attached hydrogens (tertiary/aromatic N) is 3. The molecule has 2 N–H and O–H groups in total. The van der Waals surface area contributed by atoms with Crippen LogP contribution in [0.1, 0.15) is 31.4 Å². The summed E-state index contributed by atoms with van der Waals surface area (Å²) >= 11 is 0. The number of aliphatic hydroxyl groups excluding tert-OH is 1. The minimum Gasteiger partial charge on any atom is -0.394 e. The lowest BCUT2D eigenvalue weighted by atomic mass is 9.85. The van der Waals surface area contributed by atoms with Crippen molar-refractivity contribution in [2.45, 2.75) is 51.0 Å². The highest BCUT2D eigenvalue weighted by Crippen LogP contribution is 2.37. The van der Waals surface area contributed by atoms with Crippen LogP contribution >= 0.6 is 0 Å². The first-order valence-corrected chi connectivity index (χ1v) is 6.79. The molecule has 5 nitrogen and oxygen atoms in total. The van der Waals surface area contributed by atoms with Gasteiger partial charge in [-0.25, -0.2) is 4.68 Å². The van der Waals surface area contributed by atoms with Crippen LogP contribution in [-0.2, 0) is 13.1 Å². The third kappa shape index (κ3) is 4.17. The first-order chi connectivity index (χ1) is 9.49. The van der Waals surface area contributed by atoms with E-state index in [-0.39, 0.29) is 25.5 Å². The van der Waals surface area contributed by atoms with Crippen LogP contribution in [0, 0.1) is 5.92 Å². The molecule has 0 radical (unpaired) electrons. The number of nitrogens with one attached hydrogen (secondary N) is 1. The molecule has 2 unspecified atom stereocenters. The summed E-state index contributed by atoms with van der Waals surface area (Å²) < 4.78 is 39.6. The maximum atomic E-state index is 12.7. The Kier molecular flexibility index (Phi) is 4.98. The van der Waals surface area contributed by atoms with Crippen molar-refractivity contribution in [2.75, 3.05) is 6.61 Å². The molecule has 114 valence electrons. The maximum Gasteiger partial charge on any atom is 0.391 e. The lowest BCUT2D eigenvalue weighted by Gasteiger charge is -2.30. The van der Waals surface area contributed by atoms with Crippen molar-refractivity contribution in [2.24, 2.45) is 5.92 Å². The molecule has 0 spiro atoms. The van der Waals surface area contributed by atoms with Crippen LogP contribution in [-0.4, -0.2) is 38.9 Å². The van der Waals surface area contributed by atoms with E-state index in [2.05, 4.69) is 15.6 Å². The first kappa shape index (κ1) is 15.2. The standard InChI is InChI=1S/C12H19F3N4O/c13-12(14,15)9-2-1-3-10(6-9)16-7-11-8-19(4-5-20)18-17-11/h8-10,16,20H,1-7H2. The molecule has 1 fully saturated rings. The van der Waals surface area contributed by atoms with Gasteiger partial charge >= 0.3 is 6.18 Å². The second kappa shape index (κ2) is 6.53. The van der Waals surface area contributed by atoms with Gasteiger partial charge in [0.1, 0.15) is 0 Å². The molecule has 0 aromatic carbocycles. The average molecular weight is 292 g/mol. The summed E-state index contributed by atoms with van der Waals surface area (Å²) in [7, 11) is 0. The van der Waals surface area contributed by atoms with E-state index in [4.69, 9.17) is 5.11 Å². The van der Waals surface area contributed by atoms with E-state index in [1.54, 1.807) is 6.20 Å². The quantitative estimate of drug-likeness (QED) is 0.863. The largest absolute Gasteiger partial charge is 0.394 e. The van der Waals surface area contributed by atoms with E-state index >= 15 is 0 Å². The van der Waals surface area contributed by atoms with Gasteiger partial charge in [0.2, 0.25) is 0 Å². The number of hydrogen-bond acceptors (Lipinski definition) is 4.